The molecular formula is C20H27N3. The summed E-state index contributed by atoms with van der Waals surface area (Å²) >= 11 is 0. The third-order valence-electron chi connectivity index (χ3n) is 4.63. The summed E-state index contributed by atoms with van der Waals surface area (Å²) in [6, 6.07) is 19.1. The molecule has 0 aromatic heterocycles. The predicted molar refractivity (Wildman–Crippen MR) is 97.3 cm³/mol. The minimum absolute atomic E-state index is 0.850. The Morgan fingerprint density at radius 3 is 2.09 bits per heavy atom. The molecule has 2 N–H and O–H groups in total. The van der Waals surface area contributed by atoms with Gasteiger partial charge in [-0.25, -0.2) is 0 Å². The van der Waals surface area contributed by atoms with Crippen LogP contribution in [0.25, 0.3) is 0 Å². The molecule has 23 heavy (non-hydrogen) atoms. The van der Waals surface area contributed by atoms with Crippen LogP contribution in [-0.2, 0) is 13.0 Å². The molecule has 0 bridgehead atoms. The molecule has 2 aromatic carbocycles. The lowest BCUT2D eigenvalue weighted by Crippen LogP contribution is -2.46. The Kier molecular flexibility index (Phi) is 5.67. The highest BCUT2D eigenvalue weighted by atomic mass is 15.3. The summed E-state index contributed by atoms with van der Waals surface area (Å²) in [6.45, 7) is 7.01. The summed E-state index contributed by atoms with van der Waals surface area (Å²) in [7, 11) is 0. The normalized spacial score (nSPS) is 16.5. The van der Waals surface area contributed by atoms with Crippen LogP contribution in [0.2, 0.25) is 0 Å². The van der Waals surface area contributed by atoms with E-state index in [1.165, 1.54) is 50.3 Å². The number of nitrogens with two attached hydrogens (primary N) is 1. The van der Waals surface area contributed by atoms with Gasteiger partial charge >= 0.3 is 0 Å². The van der Waals surface area contributed by atoms with E-state index in [2.05, 4.69) is 52.3 Å². The molecular weight excluding hydrogens is 282 g/mol. The Morgan fingerprint density at radius 1 is 0.739 bits per heavy atom. The lowest BCUT2D eigenvalue weighted by Gasteiger charge is -2.34. The van der Waals surface area contributed by atoms with Crippen LogP contribution >= 0.6 is 0 Å². The van der Waals surface area contributed by atoms with Crippen molar-refractivity contribution in [3.63, 3.8) is 0 Å². The zero-order chi connectivity index (χ0) is 15.9. The molecule has 3 rings (SSSR count). The zero-order valence-corrected chi connectivity index (χ0v) is 13.8. The van der Waals surface area contributed by atoms with Crippen LogP contribution in [0.5, 0.6) is 0 Å². The van der Waals surface area contributed by atoms with Gasteiger partial charge in [0, 0.05) is 38.4 Å². The topological polar surface area (TPSA) is 32.5 Å². The van der Waals surface area contributed by atoms with Crippen LogP contribution in [0.4, 0.5) is 5.69 Å². The predicted octanol–water partition coefficient (Wildman–Crippen LogP) is 3.02. The van der Waals surface area contributed by atoms with E-state index >= 15 is 0 Å². The fourth-order valence-electron chi connectivity index (χ4n) is 3.20. The number of nitrogens with zero attached hydrogens (tertiary/aromatic N) is 2. The summed E-state index contributed by atoms with van der Waals surface area (Å²) in [4.78, 5) is 5.16. The molecule has 0 aliphatic carbocycles. The molecule has 3 nitrogen and oxygen atoms in total. The average Bonchev–Trinajstić information content (AvgIpc) is 2.59. The number of aryl methyl sites for hydroxylation is 1. The lowest BCUT2D eigenvalue weighted by molar-refractivity contribution is 0.126. The van der Waals surface area contributed by atoms with Gasteiger partial charge in [0.2, 0.25) is 0 Å². The maximum absolute atomic E-state index is 5.73. The SMILES string of the molecule is Nc1ccc(CCCN2CCN(Cc3ccccc3)CC2)cc1. The second-order valence-corrected chi connectivity index (χ2v) is 6.45. The molecule has 0 spiro atoms. The Morgan fingerprint density at radius 2 is 1.39 bits per heavy atom. The maximum atomic E-state index is 5.73. The van der Waals surface area contributed by atoms with E-state index in [0.717, 1.165) is 18.7 Å². The first-order valence-corrected chi connectivity index (χ1v) is 8.63. The largest absolute Gasteiger partial charge is 0.399 e. The van der Waals surface area contributed by atoms with Gasteiger partial charge in [0.25, 0.3) is 0 Å². The van der Waals surface area contributed by atoms with Gasteiger partial charge < -0.3 is 10.6 Å². The Labute approximate surface area is 139 Å². The molecule has 1 fully saturated rings. The smallest absolute Gasteiger partial charge is 0.0314 e. The van der Waals surface area contributed by atoms with Gasteiger partial charge in [-0.2, -0.15) is 0 Å². The van der Waals surface area contributed by atoms with Crippen LogP contribution in [0.3, 0.4) is 0 Å². The van der Waals surface area contributed by atoms with E-state index in [-0.39, 0.29) is 0 Å². The number of nitrogen functional groups attached to an aromatic ring is 1. The van der Waals surface area contributed by atoms with Crippen LogP contribution in [-0.4, -0.2) is 42.5 Å². The van der Waals surface area contributed by atoms with Crippen molar-refractivity contribution in [1.82, 2.24) is 9.80 Å². The molecule has 0 saturated carbocycles. The first-order chi connectivity index (χ1) is 11.3. The van der Waals surface area contributed by atoms with Crippen molar-refractivity contribution in [3.8, 4) is 0 Å². The number of anilines is 1. The number of benzene rings is 2. The molecule has 1 aliphatic rings. The van der Waals surface area contributed by atoms with E-state index in [0.29, 0.717) is 0 Å². The maximum Gasteiger partial charge on any atom is 0.0314 e. The highest BCUT2D eigenvalue weighted by Crippen LogP contribution is 2.11. The molecule has 1 heterocycles. The van der Waals surface area contributed by atoms with Crippen LogP contribution < -0.4 is 5.73 Å². The fourth-order valence-corrected chi connectivity index (χ4v) is 3.20. The Hall–Kier alpha value is -1.84. The molecule has 122 valence electrons. The molecule has 0 atom stereocenters. The number of piperazine rings is 1. The van der Waals surface area contributed by atoms with Crippen LogP contribution in [0.15, 0.2) is 54.6 Å². The van der Waals surface area contributed by atoms with E-state index in [9.17, 15) is 0 Å². The first kappa shape index (κ1) is 16.0. The number of hydrogen-bond acceptors (Lipinski definition) is 3. The van der Waals surface area contributed by atoms with Crippen molar-refractivity contribution in [3.05, 3.63) is 65.7 Å². The highest BCUT2D eigenvalue weighted by Gasteiger charge is 2.16. The molecule has 3 heteroatoms. The van der Waals surface area contributed by atoms with Gasteiger partial charge in [-0.1, -0.05) is 42.5 Å². The van der Waals surface area contributed by atoms with E-state index < -0.39 is 0 Å². The summed E-state index contributed by atoms with van der Waals surface area (Å²) in [5.41, 5.74) is 9.39. The summed E-state index contributed by atoms with van der Waals surface area (Å²) in [6.07, 6.45) is 2.37. The number of rotatable bonds is 6. The van der Waals surface area contributed by atoms with Gasteiger partial charge in [0.1, 0.15) is 0 Å². The van der Waals surface area contributed by atoms with Gasteiger partial charge in [-0.15, -0.1) is 0 Å². The Bertz CT molecular complexity index is 572. The second-order valence-electron chi connectivity index (χ2n) is 6.45. The van der Waals surface area contributed by atoms with E-state index in [1.54, 1.807) is 0 Å². The summed E-state index contributed by atoms with van der Waals surface area (Å²) in [5, 5.41) is 0. The van der Waals surface area contributed by atoms with Crippen LogP contribution in [0.1, 0.15) is 17.5 Å². The molecule has 1 saturated heterocycles. The van der Waals surface area contributed by atoms with Crippen molar-refractivity contribution in [2.75, 3.05) is 38.5 Å². The minimum atomic E-state index is 0.850. The molecule has 2 aromatic rings. The summed E-state index contributed by atoms with van der Waals surface area (Å²) in [5.74, 6) is 0. The van der Waals surface area contributed by atoms with Gasteiger partial charge in [-0.05, 0) is 42.6 Å². The minimum Gasteiger partial charge on any atom is -0.399 e. The average molecular weight is 309 g/mol. The molecule has 0 amide bonds. The van der Waals surface area contributed by atoms with Crippen molar-refractivity contribution >= 4 is 5.69 Å². The molecule has 0 unspecified atom stereocenters. The van der Waals surface area contributed by atoms with Crippen molar-refractivity contribution in [1.29, 1.82) is 0 Å². The standard InChI is InChI=1S/C20H27N3/c21-20-10-8-18(9-11-20)7-4-12-22-13-15-23(16-14-22)17-19-5-2-1-3-6-19/h1-3,5-6,8-11H,4,7,12-17,21H2. The summed E-state index contributed by atoms with van der Waals surface area (Å²) < 4.78 is 0. The van der Waals surface area contributed by atoms with E-state index in [1.807, 2.05) is 12.1 Å². The quantitative estimate of drug-likeness (QED) is 0.833. The first-order valence-electron chi connectivity index (χ1n) is 8.63. The van der Waals surface area contributed by atoms with Gasteiger partial charge in [-0.3, -0.25) is 4.90 Å². The third kappa shape index (κ3) is 5.08. The lowest BCUT2D eigenvalue weighted by atomic mass is 10.1. The fraction of sp³-hybridized carbons (Fsp3) is 0.400. The van der Waals surface area contributed by atoms with Crippen LogP contribution in [0, 0.1) is 0 Å². The highest BCUT2D eigenvalue weighted by molar-refractivity contribution is 5.39. The second kappa shape index (κ2) is 8.14. The third-order valence-corrected chi connectivity index (χ3v) is 4.63. The van der Waals surface area contributed by atoms with E-state index in [4.69, 9.17) is 5.73 Å². The molecule has 1 aliphatic heterocycles. The zero-order valence-electron chi connectivity index (χ0n) is 13.8. The molecule has 0 radical (unpaired) electrons. The van der Waals surface area contributed by atoms with Crippen molar-refractivity contribution < 1.29 is 0 Å². The Balaban J connectivity index is 1.35. The van der Waals surface area contributed by atoms with Crippen molar-refractivity contribution in [2.24, 2.45) is 0 Å². The monoisotopic (exact) mass is 309 g/mol. The number of hydrogen-bond donors (Lipinski definition) is 1. The van der Waals surface area contributed by atoms with Gasteiger partial charge in [0.15, 0.2) is 0 Å². The van der Waals surface area contributed by atoms with Crippen molar-refractivity contribution in [2.45, 2.75) is 19.4 Å². The van der Waals surface area contributed by atoms with Gasteiger partial charge in [0.05, 0.1) is 0 Å².